The number of nitrogens with one attached hydrogen (secondary N) is 2. The number of guanidine groups is 1. The standard InChI is InChI=1S/C22H27N5O2.HI/c1-16-24-10-11-27(16)15-18-7-5-6-17(12-18)14-25-22(23-2)26-19-8-9-20(28-3)21(13-19)29-4;/h5-13H,14-15H2,1-4H3,(H2,23,25,26);1H. The Morgan fingerprint density at radius 2 is 1.83 bits per heavy atom. The maximum Gasteiger partial charge on any atom is 0.195 e. The summed E-state index contributed by atoms with van der Waals surface area (Å²) in [5, 5.41) is 6.62. The largest absolute Gasteiger partial charge is 0.493 e. The van der Waals surface area contributed by atoms with Crippen LogP contribution in [0.25, 0.3) is 0 Å². The van der Waals surface area contributed by atoms with Crippen LogP contribution >= 0.6 is 24.0 Å². The number of imidazole rings is 1. The van der Waals surface area contributed by atoms with Gasteiger partial charge in [0, 0.05) is 44.3 Å². The molecule has 0 aliphatic rings. The summed E-state index contributed by atoms with van der Waals surface area (Å²) < 4.78 is 12.8. The zero-order valence-corrected chi connectivity index (χ0v) is 20.0. The number of hydrogen-bond donors (Lipinski definition) is 2. The van der Waals surface area contributed by atoms with Crippen molar-refractivity contribution < 1.29 is 9.47 Å². The minimum Gasteiger partial charge on any atom is -0.493 e. The SMILES string of the molecule is CN=C(NCc1cccc(Cn2ccnc2C)c1)Nc1ccc(OC)c(OC)c1.I. The summed E-state index contributed by atoms with van der Waals surface area (Å²) >= 11 is 0. The van der Waals surface area contributed by atoms with Gasteiger partial charge in [-0.25, -0.2) is 4.98 Å². The van der Waals surface area contributed by atoms with Crippen molar-refractivity contribution in [3.8, 4) is 11.5 Å². The number of benzene rings is 2. The van der Waals surface area contributed by atoms with Gasteiger partial charge in [-0.15, -0.1) is 24.0 Å². The first-order chi connectivity index (χ1) is 14.1. The van der Waals surface area contributed by atoms with E-state index in [0.717, 1.165) is 18.1 Å². The fourth-order valence-corrected chi connectivity index (χ4v) is 3.02. The molecule has 0 spiro atoms. The summed E-state index contributed by atoms with van der Waals surface area (Å²) in [7, 11) is 4.98. The van der Waals surface area contributed by atoms with Crippen LogP contribution in [-0.4, -0.2) is 36.8 Å². The zero-order chi connectivity index (χ0) is 20.6. The lowest BCUT2D eigenvalue weighted by Crippen LogP contribution is -2.30. The van der Waals surface area contributed by atoms with E-state index in [2.05, 4.69) is 49.4 Å². The molecule has 0 saturated carbocycles. The van der Waals surface area contributed by atoms with Crippen molar-refractivity contribution in [3.63, 3.8) is 0 Å². The number of ether oxygens (including phenoxy) is 2. The van der Waals surface area contributed by atoms with Crippen LogP contribution in [-0.2, 0) is 13.1 Å². The van der Waals surface area contributed by atoms with Gasteiger partial charge >= 0.3 is 0 Å². The van der Waals surface area contributed by atoms with E-state index < -0.39 is 0 Å². The average molecular weight is 521 g/mol. The number of hydrogen-bond acceptors (Lipinski definition) is 4. The van der Waals surface area contributed by atoms with Crippen LogP contribution in [0.15, 0.2) is 59.9 Å². The number of methoxy groups -OCH3 is 2. The Balaban J connectivity index is 0.00000320. The fraction of sp³-hybridized carbons (Fsp3) is 0.273. The topological polar surface area (TPSA) is 72.7 Å². The number of aliphatic imine (C=N–C) groups is 1. The van der Waals surface area contributed by atoms with Gasteiger partial charge in [-0.2, -0.15) is 0 Å². The van der Waals surface area contributed by atoms with E-state index in [9.17, 15) is 0 Å². The number of nitrogens with zero attached hydrogens (tertiary/aromatic N) is 3. The number of aryl methyl sites for hydroxylation is 1. The maximum atomic E-state index is 5.35. The first-order valence-corrected chi connectivity index (χ1v) is 9.38. The predicted molar refractivity (Wildman–Crippen MR) is 131 cm³/mol. The minimum atomic E-state index is 0. The quantitative estimate of drug-likeness (QED) is 0.279. The van der Waals surface area contributed by atoms with Crippen molar-refractivity contribution in [2.45, 2.75) is 20.0 Å². The lowest BCUT2D eigenvalue weighted by Gasteiger charge is -2.14. The molecule has 2 aromatic carbocycles. The monoisotopic (exact) mass is 521 g/mol. The molecule has 160 valence electrons. The van der Waals surface area contributed by atoms with Crippen molar-refractivity contribution in [3.05, 3.63) is 71.8 Å². The highest BCUT2D eigenvalue weighted by Gasteiger charge is 2.07. The van der Waals surface area contributed by atoms with Gasteiger partial charge in [0.25, 0.3) is 0 Å². The van der Waals surface area contributed by atoms with Crippen molar-refractivity contribution in [2.75, 3.05) is 26.6 Å². The Hall–Kier alpha value is -2.75. The van der Waals surface area contributed by atoms with Gasteiger partial charge in [0.15, 0.2) is 17.5 Å². The second-order valence-electron chi connectivity index (χ2n) is 6.54. The third-order valence-corrected chi connectivity index (χ3v) is 4.60. The van der Waals surface area contributed by atoms with Crippen LogP contribution in [0.4, 0.5) is 5.69 Å². The molecular weight excluding hydrogens is 493 g/mol. The van der Waals surface area contributed by atoms with E-state index in [1.165, 1.54) is 11.1 Å². The van der Waals surface area contributed by atoms with Crippen LogP contribution < -0.4 is 20.1 Å². The predicted octanol–water partition coefficient (Wildman–Crippen LogP) is 4.06. The van der Waals surface area contributed by atoms with E-state index in [0.29, 0.717) is 24.0 Å². The van der Waals surface area contributed by atoms with Gasteiger partial charge in [-0.05, 0) is 30.2 Å². The molecule has 0 saturated heterocycles. The van der Waals surface area contributed by atoms with Crippen LogP contribution in [0.5, 0.6) is 11.5 Å². The highest BCUT2D eigenvalue weighted by atomic mass is 127. The Kier molecular flexibility index (Phi) is 8.97. The minimum absolute atomic E-state index is 0. The van der Waals surface area contributed by atoms with E-state index >= 15 is 0 Å². The number of rotatable bonds is 7. The van der Waals surface area contributed by atoms with Crippen LogP contribution in [0, 0.1) is 6.92 Å². The Morgan fingerprint density at radius 1 is 1.07 bits per heavy atom. The number of aromatic nitrogens is 2. The maximum absolute atomic E-state index is 5.35. The lowest BCUT2D eigenvalue weighted by atomic mass is 10.1. The molecule has 30 heavy (non-hydrogen) atoms. The molecule has 1 aromatic heterocycles. The van der Waals surface area contributed by atoms with Crippen molar-refractivity contribution in [1.82, 2.24) is 14.9 Å². The highest BCUT2D eigenvalue weighted by molar-refractivity contribution is 14.0. The van der Waals surface area contributed by atoms with Gasteiger partial charge < -0.3 is 24.7 Å². The van der Waals surface area contributed by atoms with E-state index in [-0.39, 0.29) is 24.0 Å². The molecule has 3 aromatic rings. The van der Waals surface area contributed by atoms with Gasteiger partial charge in [-0.1, -0.05) is 24.3 Å². The molecule has 0 radical (unpaired) electrons. The molecule has 0 amide bonds. The van der Waals surface area contributed by atoms with Crippen LogP contribution in [0.1, 0.15) is 17.0 Å². The summed E-state index contributed by atoms with van der Waals surface area (Å²) in [4.78, 5) is 8.58. The first kappa shape index (κ1) is 23.5. The average Bonchev–Trinajstić information content (AvgIpc) is 3.15. The lowest BCUT2D eigenvalue weighted by molar-refractivity contribution is 0.355. The normalized spacial score (nSPS) is 10.9. The molecule has 0 unspecified atom stereocenters. The number of anilines is 1. The second kappa shape index (κ2) is 11.4. The van der Waals surface area contributed by atoms with E-state index in [4.69, 9.17) is 9.47 Å². The molecule has 3 rings (SSSR count). The molecule has 0 atom stereocenters. The van der Waals surface area contributed by atoms with Gasteiger partial charge in [0.05, 0.1) is 14.2 Å². The van der Waals surface area contributed by atoms with Crippen LogP contribution in [0.2, 0.25) is 0 Å². The Morgan fingerprint density at radius 3 is 2.50 bits per heavy atom. The van der Waals surface area contributed by atoms with E-state index in [1.807, 2.05) is 37.5 Å². The second-order valence-corrected chi connectivity index (χ2v) is 6.54. The van der Waals surface area contributed by atoms with Gasteiger partial charge in [0.2, 0.25) is 0 Å². The highest BCUT2D eigenvalue weighted by Crippen LogP contribution is 2.29. The Labute approximate surface area is 194 Å². The summed E-state index contributed by atoms with van der Waals surface area (Å²) in [6, 6.07) is 14.1. The van der Waals surface area contributed by atoms with Gasteiger partial charge in [-0.3, -0.25) is 4.99 Å². The summed E-state index contributed by atoms with van der Waals surface area (Å²) in [6.45, 7) is 3.47. The zero-order valence-electron chi connectivity index (χ0n) is 17.7. The molecule has 8 heteroatoms. The summed E-state index contributed by atoms with van der Waals surface area (Å²) in [5.41, 5.74) is 3.27. The molecule has 0 bridgehead atoms. The molecule has 0 aliphatic heterocycles. The fourth-order valence-electron chi connectivity index (χ4n) is 3.02. The molecule has 2 N–H and O–H groups in total. The molecule has 1 heterocycles. The molecular formula is C22H28IN5O2. The summed E-state index contributed by atoms with van der Waals surface area (Å²) in [6.07, 6.45) is 3.82. The van der Waals surface area contributed by atoms with Crippen molar-refractivity contribution in [1.29, 1.82) is 0 Å². The smallest absolute Gasteiger partial charge is 0.195 e. The third kappa shape index (κ3) is 6.12. The molecule has 7 nitrogen and oxygen atoms in total. The van der Waals surface area contributed by atoms with Gasteiger partial charge in [0.1, 0.15) is 5.82 Å². The molecule has 0 fully saturated rings. The third-order valence-electron chi connectivity index (χ3n) is 4.60. The van der Waals surface area contributed by atoms with Crippen molar-refractivity contribution in [2.24, 2.45) is 4.99 Å². The van der Waals surface area contributed by atoms with E-state index in [1.54, 1.807) is 21.3 Å². The van der Waals surface area contributed by atoms with Crippen LogP contribution in [0.3, 0.4) is 0 Å². The summed E-state index contributed by atoms with van der Waals surface area (Å²) in [5.74, 6) is 3.03. The first-order valence-electron chi connectivity index (χ1n) is 9.38. The van der Waals surface area contributed by atoms with Crippen molar-refractivity contribution >= 4 is 35.6 Å². The molecule has 0 aliphatic carbocycles. The number of halogens is 1. The Bertz CT molecular complexity index is 987.